The lowest BCUT2D eigenvalue weighted by Gasteiger charge is -2.07. The molecule has 0 saturated carbocycles. The summed E-state index contributed by atoms with van der Waals surface area (Å²) in [5.74, 6) is -0.648. The van der Waals surface area contributed by atoms with Crippen molar-refractivity contribution in [3.05, 3.63) is 50.3 Å². The Bertz CT molecular complexity index is 862. The van der Waals surface area contributed by atoms with Crippen LogP contribution in [0.4, 0.5) is 5.69 Å². The van der Waals surface area contributed by atoms with E-state index in [9.17, 15) is 19.5 Å². The minimum absolute atomic E-state index is 0.0106. The van der Waals surface area contributed by atoms with E-state index in [2.05, 4.69) is 15.5 Å². The van der Waals surface area contributed by atoms with Gasteiger partial charge in [0.05, 0.1) is 17.3 Å². The van der Waals surface area contributed by atoms with E-state index in [1.54, 1.807) is 0 Å². The number of aromatic amines is 2. The summed E-state index contributed by atoms with van der Waals surface area (Å²) in [6, 6.07) is 5.92. The van der Waals surface area contributed by atoms with Gasteiger partial charge in [-0.25, -0.2) is 9.89 Å². The molecule has 0 aliphatic carbocycles. The van der Waals surface area contributed by atoms with Crippen LogP contribution in [-0.2, 0) is 11.2 Å². The van der Waals surface area contributed by atoms with Crippen molar-refractivity contribution in [3.8, 4) is 11.8 Å². The SMILES string of the molecule is N#Cc1ccc(O)c(NC(=O)CCc2n[nH]c(=O)[nH]c2=O)c1. The molecule has 0 aliphatic rings. The number of aromatic nitrogens is 3. The average Bonchev–Trinajstić information content (AvgIpc) is 2.48. The molecule has 1 aromatic carbocycles. The van der Waals surface area contributed by atoms with Gasteiger partial charge in [-0.05, 0) is 18.2 Å². The third kappa shape index (κ3) is 3.57. The summed E-state index contributed by atoms with van der Waals surface area (Å²) in [6.45, 7) is 0. The second kappa shape index (κ2) is 6.36. The fourth-order valence-corrected chi connectivity index (χ4v) is 1.69. The molecular formula is C13H11N5O4. The number of phenols is 1. The number of nitrogens with one attached hydrogen (secondary N) is 3. The predicted molar refractivity (Wildman–Crippen MR) is 75.3 cm³/mol. The van der Waals surface area contributed by atoms with Crippen LogP contribution in [0.5, 0.6) is 5.75 Å². The van der Waals surface area contributed by atoms with Crippen molar-refractivity contribution < 1.29 is 9.90 Å². The van der Waals surface area contributed by atoms with Crippen LogP contribution in [0.25, 0.3) is 0 Å². The summed E-state index contributed by atoms with van der Waals surface area (Å²) in [6.07, 6.45) is -0.0744. The van der Waals surface area contributed by atoms with Crippen molar-refractivity contribution in [3.63, 3.8) is 0 Å². The predicted octanol–water partition coefficient (Wildman–Crippen LogP) is -0.393. The molecule has 0 aliphatic heterocycles. The molecule has 0 unspecified atom stereocenters. The van der Waals surface area contributed by atoms with Crippen molar-refractivity contribution in [2.24, 2.45) is 0 Å². The molecule has 112 valence electrons. The van der Waals surface area contributed by atoms with Gasteiger partial charge >= 0.3 is 5.69 Å². The zero-order chi connectivity index (χ0) is 16.1. The third-order valence-electron chi connectivity index (χ3n) is 2.77. The van der Waals surface area contributed by atoms with Crippen LogP contribution in [0.1, 0.15) is 17.7 Å². The van der Waals surface area contributed by atoms with E-state index in [4.69, 9.17) is 5.26 Å². The Hall–Kier alpha value is -3.41. The molecule has 4 N–H and O–H groups in total. The monoisotopic (exact) mass is 301 g/mol. The molecule has 0 spiro atoms. The van der Waals surface area contributed by atoms with E-state index in [0.717, 1.165) is 0 Å². The number of nitrogens with zero attached hydrogens (tertiary/aromatic N) is 2. The highest BCUT2D eigenvalue weighted by Gasteiger charge is 2.10. The number of aryl methyl sites for hydroxylation is 1. The quantitative estimate of drug-likeness (QED) is 0.564. The third-order valence-corrected chi connectivity index (χ3v) is 2.77. The van der Waals surface area contributed by atoms with E-state index in [1.807, 2.05) is 11.1 Å². The van der Waals surface area contributed by atoms with E-state index >= 15 is 0 Å². The number of nitriles is 1. The van der Waals surface area contributed by atoms with Gasteiger partial charge in [0, 0.05) is 12.8 Å². The van der Waals surface area contributed by atoms with Crippen LogP contribution in [0.15, 0.2) is 27.8 Å². The highest BCUT2D eigenvalue weighted by Crippen LogP contribution is 2.24. The highest BCUT2D eigenvalue weighted by molar-refractivity contribution is 5.92. The lowest BCUT2D eigenvalue weighted by Crippen LogP contribution is -2.28. The maximum absolute atomic E-state index is 11.8. The number of carbonyl (C=O) groups excluding carboxylic acids is 1. The molecule has 9 heteroatoms. The Balaban J connectivity index is 2.03. The van der Waals surface area contributed by atoms with E-state index in [1.165, 1.54) is 18.2 Å². The normalized spacial score (nSPS) is 9.95. The van der Waals surface area contributed by atoms with E-state index < -0.39 is 17.2 Å². The maximum atomic E-state index is 11.8. The number of anilines is 1. The maximum Gasteiger partial charge on any atom is 0.342 e. The average molecular weight is 301 g/mol. The Labute approximate surface area is 123 Å². The number of aromatic hydroxyl groups is 1. The molecule has 0 radical (unpaired) electrons. The smallest absolute Gasteiger partial charge is 0.342 e. The molecule has 0 bridgehead atoms. The minimum atomic E-state index is -0.726. The van der Waals surface area contributed by atoms with Crippen LogP contribution < -0.4 is 16.6 Å². The number of hydrogen-bond acceptors (Lipinski definition) is 6. The van der Waals surface area contributed by atoms with Gasteiger partial charge in [-0.3, -0.25) is 14.6 Å². The lowest BCUT2D eigenvalue weighted by molar-refractivity contribution is -0.116. The molecule has 0 saturated heterocycles. The summed E-state index contributed by atoms with van der Waals surface area (Å²) in [7, 11) is 0. The molecule has 1 amide bonds. The summed E-state index contributed by atoms with van der Waals surface area (Å²) in [5, 5.41) is 26.4. The molecule has 1 heterocycles. The summed E-state index contributed by atoms with van der Waals surface area (Å²) < 4.78 is 0. The topological polar surface area (TPSA) is 152 Å². The first-order valence-electron chi connectivity index (χ1n) is 6.20. The zero-order valence-corrected chi connectivity index (χ0v) is 11.2. The number of amides is 1. The number of phenolic OH excluding ortho intramolecular Hbond substituents is 1. The van der Waals surface area contributed by atoms with Gasteiger partial charge in [-0.1, -0.05) is 0 Å². The molecule has 0 atom stereocenters. The molecule has 1 aromatic heterocycles. The lowest BCUT2D eigenvalue weighted by atomic mass is 10.2. The van der Waals surface area contributed by atoms with Crippen molar-refractivity contribution in [2.45, 2.75) is 12.8 Å². The molecular weight excluding hydrogens is 290 g/mol. The van der Waals surface area contributed by atoms with Crippen LogP contribution in [0.2, 0.25) is 0 Å². The fraction of sp³-hybridized carbons (Fsp3) is 0.154. The second-order valence-corrected chi connectivity index (χ2v) is 4.35. The van der Waals surface area contributed by atoms with Gasteiger partial charge in [0.15, 0.2) is 0 Å². The molecule has 22 heavy (non-hydrogen) atoms. The van der Waals surface area contributed by atoms with Crippen molar-refractivity contribution in [2.75, 3.05) is 5.32 Å². The van der Waals surface area contributed by atoms with Gasteiger partial charge in [-0.15, -0.1) is 0 Å². The molecule has 2 aromatic rings. The summed E-state index contributed by atoms with van der Waals surface area (Å²) in [4.78, 5) is 36.0. The van der Waals surface area contributed by atoms with Crippen LogP contribution >= 0.6 is 0 Å². The largest absolute Gasteiger partial charge is 0.506 e. The number of H-pyrrole nitrogens is 2. The fourth-order valence-electron chi connectivity index (χ4n) is 1.69. The van der Waals surface area contributed by atoms with Gasteiger partial charge in [0.1, 0.15) is 11.4 Å². The van der Waals surface area contributed by atoms with Crippen LogP contribution in [0, 0.1) is 11.3 Å². The van der Waals surface area contributed by atoms with Crippen LogP contribution in [-0.4, -0.2) is 26.2 Å². The first-order valence-corrected chi connectivity index (χ1v) is 6.20. The van der Waals surface area contributed by atoms with Gasteiger partial charge in [0.2, 0.25) is 5.91 Å². The Morgan fingerprint density at radius 2 is 2.18 bits per heavy atom. The number of rotatable bonds is 4. The van der Waals surface area contributed by atoms with Gasteiger partial charge < -0.3 is 10.4 Å². The van der Waals surface area contributed by atoms with E-state index in [0.29, 0.717) is 0 Å². The number of benzene rings is 1. The Morgan fingerprint density at radius 1 is 1.41 bits per heavy atom. The minimum Gasteiger partial charge on any atom is -0.506 e. The van der Waals surface area contributed by atoms with Crippen molar-refractivity contribution >= 4 is 11.6 Å². The van der Waals surface area contributed by atoms with Crippen molar-refractivity contribution in [1.29, 1.82) is 5.26 Å². The zero-order valence-electron chi connectivity index (χ0n) is 11.2. The highest BCUT2D eigenvalue weighted by atomic mass is 16.3. The van der Waals surface area contributed by atoms with Crippen LogP contribution in [0.3, 0.4) is 0 Å². The summed E-state index contributed by atoms with van der Waals surface area (Å²) in [5.41, 5.74) is -0.980. The van der Waals surface area contributed by atoms with Crippen molar-refractivity contribution in [1.82, 2.24) is 15.2 Å². The first-order chi connectivity index (χ1) is 10.5. The molecule has 0 fully saturated rings. The molecule has 9 nitrogen and oxygen atoms in total. The second-order valence-electron chi connectivity index (χ2n) is 4.35. The standard InChI is InChI=1S/C13H11N5O4/c14-6-7-1-3-10(19)9(5-7)15-11(20)4-2-8-12(21)16-13(22)18-17-8/h1,3,5,19H,2,4H2,(H,15,20)(H2,16,18,21,22). The Kier molecular flexibility index (Phi) is 4.33. The number of hydrogen-bond donors (Lipinski definition) is 4. The van der Waals surface area contributed by atoms with Gasteiger partial charge in [-0.2, -0.15) is 10.4 Å². The summed E-state index contributed by atoms with van der Waals surface area (Å²) >= 11 is 0. The number of carbonyl (C=O) groups is 1. The van der Waals surface area contributed by atoms with Gasteiger partial charge in [0.25, 0.3) is 5.56 Å². The van der Waals surface area contributed by atoms with E-state index in [-0.39, 0.29) is 35.5 Å². The molecule has 2 rings (SSSR count). The first kappa shape index (κ1) is 15.0. The Morgan fingerprint density at radius 3 is 2.86 bits per heavy atom.